The Kier molecular flexibility index (Phi) is 5.85. The van der Waals surface area contributed by atoms with Gasteiger partial charge in [0.05, 0.1) is 0 Å². The molecule has 1 aliphatic heterocycles. The topological polar surface area (TPSA) is 61.4 Å². The number of nitrogens with zero attached hydrogens (tertiary/aromatic N) is 1. The Morgan fingerprint density at radius 3 is 2.71 bits per heavy atom. The third-order valence-electron chi connectivity index (χ3n) is 3.34. The minimum atomic E-state index is -3.30. The van der Waals surface area contributed by atoms with Crippen LogP contribution >= 0.6 is 0 Å². The molecular formula is C11H25N3O2S. The van der Waals surface area contributed by atoms with E-state index in [9.17, 15) is 8.42 Å². The molecule has 0 amide bonds. The Morgan fingerprint density at radius 2 is 2.18 bits per heavy atom. The van der Waals surface area contributed by atoms with E-state index in [0.717, 1.165) is 19.5 Å². The molecule has 0 aromatic carbocycles. The summed E-state index contributed by atoms with van der Waals surface area (Å²) in [6.45, 7) is 6.38. The Balaban J connectivity index is 2.29. The lowest BCUT2D eigenvalue weighted by Gasteiger charge is -2.24. The van der Waals surface area contributed by atoms with E-state index in [1.165, 1.54) is 17.1 Å². The van der Waals surface area contributed by atoms with E-state index in [2.05, 4.69) is 10.0 Å². The molecule has 0 saturated carbocycles. The molecule has 1 heterocycles. The quantitative estimate of drug-likeness (QED) is 0.736. The fourth-order valence-corrected chi connectivity index (χ4v) is 3.08. The van der Waals surface area contributed by atoms with Gasteiger partial charge in [-0.3, -0.25) is 0 Å². The van der Waals surface area contributed by atoms with E-state index in [-0.39, 0.29) is 6.04 Å². The first-order valence-electron chi connectivity index (χ1n) is 6.37. The third-order valence-corrected chi connectivity index (χ3v) is 5.09. The van der Waals surface area contributed by atoms with Crippen molar-refractivity contribution in [3.63, 3.8) is 0 Å². The molecule has 17 heavy (non-hydrogen) atoms. The van der Waals surface area contributed by atoms with Gasteiger partial charge in [-0.2, -0.15) is 12.7 Å². The zero-order valence-corrected chi connectivity index (χ0v) is 11.9. The first-order valence-corrected chi connectivity index (χ1v) is 7.81. The highest BCUT2D eigenvalue weighted by Gasteiger charge is 2.20. The van der Waals surface area contributed by atoms with Gasteiger partial charge in [0, 0.05) is 19.6 Å². The van der Waals surface area contributed by atoms with Crippen LogP contribution in [0, 0.1) is 5.92 Å². The van der Waals surface area contributed by atoms with Crippen LogP contribution < -0.4 is 10.0 Å². The van der Waals surface area contributed by atoms with Crippen LogP contribution in [-0.2, 0) is 10.2 Å². The predicted molar refractivity (Wildman–Crippen MR) is 70.0 cm³/mol. The van der Waals surface area contributed by atoms with Crippen molar-refractivity contribution in [2.24, 2.45) is 5.92 Å². The fraction of sp³-hybridized carbons (Fsp3) is 1.00. The zero-order valence-electron chi connectivity index (χ0n) is 11.1. The molecule has 102 valence electrons. The summed E-state index contributed by atoms with van der Waals surface area (Å²) >= 11 is 0. The van der Waals surface area contributed by atoms with Crippen molar-refractivity contribution in [2.45, 2.75) is 39.2 Å². The van der Waals surface area contributed by atoms with Crippen LogP contribution in [0.1, 0.15) is 33.1 Å². The number of hydrogen-bond acceptors (Lipinski definition) is 3. The molecule has 1 rings (SSSR count). The molecule has 1 saturated heterocycles. The van der Waals surface area contributed by atoms with Crippen molar-refractivity contribution in [1.82, 2.24) is 14.3 Å². The van der Waals surface area contributed by atoms with Crippen LogP contribution in [0.3, 0.4) is 0 Å². The minimum absolute atomic E-state index is 0.0103. The normalized spacial score (nSPS) is 22.3. The number of hydrogen-bond donors (Lipinski definition) is 2. The van der Waals surface area contributed by atoms with Crippen molar-refractivity contribution in [3.05, 3.63) is 0 Å². The summed E-state index contributed by atoms with van der Waals surface area (Å²) in [5.74, 6) is 0.607. The Hall–Kier alpha value is -0.170. The van der Waals surface area contributed by atoms with Crippen LogP contribution in [0.5, 0.6) is 0 Å². The first-order chi connectivity index (χ1) is 7.93. The largest absolute Gasteiger partial charge is 0.316 e. The van der Waals surface area contributed by atoms with E-state index >= 15 is 0 Å². The second kappa shape index (κ2) is 6.68. The summed E-state index contributed by atoms with van der Waals surface area (Å²) in [5.41, 5.74) is 0. The third kappa shape index (κ3) is 4.91. The van der Waals surface area contributed by atoms with Crippen LogP contribution in [0.15, 0.2) is 0 Å². The van der Waals surface area contributed by atoms with Crippen molar-refractivity contribution < 1.29 is 8.42 Å². The molecule has 0 bridgehead atoms. The summed E-state index contributed by atoms with van der Waals surface area (Å²) in [5, 5.41) is 3.34. The second-order valence-electron chi connectivity index (χ2n) is 5.01. The van der Waals surface area contributed by atoms with Crippen LogP contribution in [0.25, 0.3) is 0 Å². The number of nitrogens with one attached hydrogen (secondary N) is 2. The molecule has 1 unspecified atom stereocenters. The molecule has 0 aromatic rings. The number of piperidine rings is 1. The van der Waals surface area contributed by atoms with E-state index < -0.39 is 10.2 Å². The molecule has 1 aliphatic rings. The average Bonchev–Trinajstić information content (AvgIpc) is 2.29. The smallest absolute Gasteiger partial charge is 0.279 e. The summed E-state index contributed by atoms with van der Waals surface area (Å²) in [6.07, 6.45) is 3.32. The highest BCUT2D eigenvalue weighted by molar-refractivity contribution is 7.87. The Morgan fingerprint density at radius 1 is 1.47 bits per heavy atom. The summed E-state index contributed by atoms with van der Waals surface area (Å²) in [4.78, 5) is 0. The lowest BCUT2D eigenvalue weighted by atomic mass is 9.96. The summed E-state index contributed by atoms with van der Waals surface area (Å²) in [6, 6.07) is -0.0103. The standard InChI is InChI=1S/C11H25N3O2S/c1-10(2)14(3)17(15,16)13-8-6-11-5-4-7-12-9-11/h10-13H,4-9H2,1-3H3. The second-order valence-corrected chi connectivity index (χ2v) is 6.83. The highest BCUT2D eigenvalue weighted by Crippen LogP contribution is 2.13. The highest BCUT2D eigenvalue weighted by atomic mass is 32.2. The molecular weight excluding hydrogens is 238 g/mol. The van der Waals surface area contributed by atoms with Crippen LogP contribution in [-0.4, -0.2) is 45.4 Å². The monoisotopic (exact) mass is 263 g/mol. The Labute approximate surface area is 105 Å². The summed E-state index contributed by atoms with van der Waals surface area (Å²) < 4.78 is 27.7. The number of rotatable bonds is 6. The van der Waals surface area contributed by atoms with Crippen LogP contribution in [0.2, 0.25) is 0 Å². The predicted octanol–water partition coefficient (Wildman–Crippen LogP) is 0.551. The summed E-state index contributed by atoms with van der Waals surface area (Å²) in [7, 11) is -1.69. The lowest BCUT2D eigenvalue weighted by Crippen LogP contribution is -2.43. The van der Waals surface area contributed by atoms with E-state index in [0.29, 0.717) is 12.5 Å². The Bertz CT molecular complexity index is 311. The van der Waals surface area contributed by atoms with E-state index in [1.807, 2.05) is 13.8 Å². The SMILES string of the molecule is CC(C)N(C)S(=O)(=O)NCCC1CCCNC1. The van der Waals surface area contributed by atoms with Gasteiger partial charge in [-0.1, -0.05) is 0 Å². The molecule has 2 N–H and O–H groups in total. The van der Waals surface area contributed by atoms with Gasteiger partial charge in [0.1, 0.15) is 0 Å². The van der Waals surface area contributed by atoms with Crippen LogP contribution in [0.4, 0.5) is 0 Å². The maximum absolute atomic E-state index is 11.8. The van der Waals surface area contributed by atoms with Gasteiger partial charge in [0.2, 0.25) is 0 Å². The van der Waals surface area contributed by atoms with Gasteiger partial charge in [-0.15, -0.1) is 0 Å². The maximum Gasteiger partial charge on any atom is 0.279 e. The molecule has 1 fully saturated rings. The molecule has 0 radical (unpaired) electrons. The molecule has 0 aromatic heterocycles. The van der Waals surface area contributed by atoms with Crippen molar-refractivity contribution in [2.75, 3.05) is 26.7 Å². The van der Waals surface area contributed by atoms with Gasteiger partial charge in [0.25, 0.3) is 10.2 Å². The zero-order chi connectivity index (χ0) is 12.9. The van der Waals surface area contributed by atoms with Crippen molar-refractivity contribution in [3.8, 4) is 0 Å². The van der Waals surface area contributed by atoms with E-state index in [1.54, 1.807) is 7.05 Å². The average molecular weight is 263 g/mol. The maximum atomic E-state index is 11.8. The molecule has 6 heteroatoms. The first kappa shape index (κ1) is 14.9. The van der Waals surface area contributed by atoms with Crippen molar-refractivity contribution in [1.29, 1.82) is 0 Å². The fourth-order valence-electron chi connectivity index (χ4n) is 1.94. The van der Waals surface area contributed by atoms with Gasteiger partial charge in [-0.05, 0) is 52.1 Å². The van der Waals surface area contributed by atoms with Gasteiger partial charge in [0.15, 0.2) is 0 Å². The molecule has 1 atom stereocenters. The van der Waals surface area contributed by atoms with Crippen molar-refractivity contribution >= 4 is 10.2 Å². The van der Waals surface area contributed by atoms with Gasteiger partial charge < -0.3 is 5.32 Å². The van der Waals surface area contributed by atoms with E-state index in [4.69, 9.17) is 0 Å². The van der Waals surface area contributed by atoms with Gasteiger partial charge in [-0.25, -0.2) is 4.72 Å². The molecule has 0 spiro atoms. The molecule has 5 nitrogen and oxygen atoms in total. The lowest BCUT2D eigenvalue weighted by molar-refractivity contribution is 0.354. The van der Waals surface area contributed by atoms with Gasteiger partial charge >= 0.3 is 0 Å². The minimum Gasteiger partial charge on any atom is -0.316 e. The molecule has 0 aliphatic carbocycles.